The molecule has 0 fully saturated rings. The van der Waals surface area contributed by atoms with Gasteiger partial charge in [-0.1, -0.05) is 11.6 Å². The van der Waals surface area contributed by atoms with Crippen LogP contribution in [0.5, 0.6) is 5.75 Å². The maximum absolute atomic E-state index is 8.88. The number of rotatable bonds is 2. The number of nitrogens with zero attached hydrogens (tertiary/aromatic N) is 3. The predicted octanol–water partition coefficient (Wildman–Crippen LogP) is 2.86. The maximum atomic E-state index is 8.88. The fourth-order valence-corrected chi connectivity index (χ4v) is 1.77. The topological polar surface area (TPSA) is 58.8 Å². The molecule has 0 aromatic carbocycles. The molecule has 0 amide bonds. The summed E-state index contributed by atoms with van der Waals surface area (Å²) >= 11 is 6.11. The zero-order valence-corrected chi connectivity index (χ0v) is 10.2. The molecule has 2 heterocycles. The lowest BCUT2D eigenvalue weighted by Crippen LogP contribution is -1.98. The van der Waals surface area contributed by atoms with E-state index in [1.165, 1.54) is 6.20 Å². The molecule has 0 aliphatic rings. The summed E-state index contributed by atoms with van der Waals surface area (Å²) in [5.41, 5.74) is 1.62. The number of hydrogen-bond acceptors (Lipinski definition) is 4. The van der Waals surface area contributed by atoms with Crippen LogP contribution in [-0.2, 0) is 0 Å². The van der Waals surface area contributed by atoms with Crippen molar-refractivity contribution >= 4 is 22.6 Å². The lowest BCUT2D eigenvalue weighted by molar-refractivity contribution is 0.337. The molecule has 2 rings (SSSR count). The summed E-state index contributed by atoms with van der Waals surface area (Å²) in [6.45, 7) is 4.30. The Kier molecular flexibility index (Phi) is 3.12. The van der Waals surface area contributed by atoms with Crippen LogP contribution in [0.15, 0.2) is 12.3 Å². The van der Waals surface area contributed by atoms with Crippen molar-refractivity contribution in [1.29, 1.82) is 5.26 Å². The van der Waals surface area contributed by atoms with E-state index in [9.17, 15) is 0 Å². The number of pyridine rings is 2. The largest absolute Gasteiger partial charge is 0.492 e. The molecule has 0 radical (unpaired) electrons. The second-order valence-corrected chi connectivity index (χ2v) is 3.85. The van der Waals surface area contributed by atoms with Gasteiger partial charge in [0.2, 0.25) is 0 Å². The summed E-state index contributed by atoms with van der Waals surface area (Å²) in [6.07, 6.45) is 1.43. The number of aromatic nitrogens is 2. The monoisotopic (exact) mass is 247 g/mol. The molecule has 0 N–H and O–H groups in total. The fourth-order valence-electron chi connectivity index (χ4n) is 1.54. The average molecular weight is 248 g/mol. The molecular formula is C12H10ClN3O. The molecule has 2 aromatic heterocycles. The summed E-state index contributed by atoms with van der Waals surface area (Å²) < 4.78 is 5.44. The molecule has 0 bridgehead atoms. The van der Waals surface area contributed by atoms with E-state index >= 15 is 0 Å². The van der Waals surface area contributed by atoms with Gasteiger partial charge in [-0.25, -0.2) is 9.97 Å². The maximum Gasteiger partial charge on any atom is 0.161 e. The third-order valence-corrected chi connectivity index (χ3v) is 2.76. The van der Waals surface area contributed by atoms with Crippen LogP contribution in [0.25, 0.3) is 11.0 Å². The molecule has 17 heavy (non-hydrogen) atoms. The highest BCUT2D eigenvalue weighted by Gasteiger charge is 2.11. The number of halogens is 1. The lowest BCUT2D eigenvalue weighted by Gasteiger charge is -2.08. The van der Waals surface area contributed by atoms with Gasteiger partial charge in [0.25, 0.3) is 0 Å². The SMILES string of the molecule is CCOc1cc2c(Cl)c(C#N)cnc2nc1C. The summed E-state index contributed by atoms with van der Waals surface area (Å²) in [6, 6.07) is 3.77. The van der Waals surface area contributed by atoms with Gasteiger partial charge in [-0.05, 0) is 19.9 Å². The Morgan fingerprint density at radius 2 is 2.29 bits per heavy atom. The van der Waals surface area contributed by atoms with Crippen LogP contribution in [0.1, 0.15) is 18.2 Å². The number of ether oxygens (including phenoxy) is 1. The first-order valence-corrected chi connectivity index (χ1v) is 5.54. The van der Waals surface area contributed by atoms with Crippen LogP contribution in [0.2, 0.25) is 5.02 Å². The molecule has 86 valence electrons. The lowest BCUT2D eigenvalue weighted by atomic mass is 10.2. The highest BCUT2D eigenvalue weighted by molar-refractivity contribution is 6.36. The highest BCUT2D eigenvalue weighted by Crippen LogP contribution is 2.28. The van der Waals surface area contributed by atoms with Crippen molar-refractivity contribution in [3.05, 3.63) is 28.5 Å². The molecule has 0 aliphatic heterocycles. The second-order valence-electron chi connectivity index (χ2n) is 3.47. The minimum absolute atomic E-state index is 0.340. The Balaban J connectivity index is 2.73. The summed E-state index contributed by atoms with van der Waals surface area (Å²) in [5.74, 6) is 0.666. The number of fused-ring (bicyclic) bond motifs is 1. The van der Waals surface area contributed by atoms with E-state index in [0.717, 1.165) is 5.69 Å². The van der Waals surface area contributed by atoms with Crippen molar-refractivity contribution in [1.82, 2.24) is 9.97 Å². The Labute approximate surface area is 104 Å². The van der Waals surface area contributed by atoms with Gasteiger partial charge in [-0.2, -0.15) is 5.26 Å². The van der Waals surface area contributed by atoms with Crippen LogP contribution in [-0.4, -0.2) is 16.6 Å². The quantitative estimate of drug-likeness (QED) is 0.819. The Morgan fingerprint density at radius 3 is 2.94 bits per heavy atom. The summed E-state index contributed by atoms with van der Waals surface area (Å²) in [4.78, 5) is 8.40. The van der Waals surface area contributed by atoms with Crippen molar-refractivity contribution in [3.8, 4) is 11.8 Å². The van der Waals surface area contributed by atoms with Gasteiger partial charge in [0.15, 0.2) is 5.65 Å². The van der Waals surface area contributed by atoms with E-state index < -0.39 is 0 Å². The van der Waals surface area contributed by atoms with Gasteiger partial charge in [0.05, 0.1) is 22.9 Å². The van der Waals surface area contributed by atoms with Crippen LogP contribution < -0.4 is 4.74 Å². The van der Waals surface area contributed by atoms with Crippen molar-refractivity contribution in [3.63, 3.8) is 0 Å². The van der Waals surface area contributed by atoms with E-state index in [1.54, 1.807) is 6.07 Å². The van der Waals surface area contributed by atoms with Gasteiger partial charge in [-0.3, -0.25) is 0 Å². The Morgan fingerprint density at radius 1 is 1.53 bits per heavy atom. The molecule has 0 unspecified atom stereocenters. The van der Waals surface area contributed by atoms with Gasteiger partial charge < -0.3 is 4.74 Å². The highest BCUT2D eigenvalue weighted by atomic mass is 35.5. The molecule has 0 spiro atoms. The van der Waals surface area contributed by atoms with E-state index in [1.807, 2.05) is 19.9 Å². The molecule has 0 saturated heterocycles. The van der Waals surface area contributed by atoms with Crippen molar-refractivity contribution < 1.29 is 4.74 Å². The van der Waals surface area contributed by atoms with E-state index in [0.29, 0.717) is 34.0 Å². The normalized spacial score (nSPS) is 10.2. The number of nitriles is 1. The average Bonchev–Trinajstić information content (AvgIpc) is 2.32. The van der Waals surface area contributed by atoms with Crippen molar-refractivity contribution in [2.45, 2.75) is 13.8 Å². The van der Waals surface area contributed by atoms with Crippen LogP contribution >= 0.6 is 11.6 Å². The molecular weight excluding hydrogens is 238 g/mol. The van der Waals surface area contributed by atoms with Crippen molar-refractivity contribution in [2.24, 2.45) is 0 Å². The van der Waals surface area contributed by atoms with E-state index in [4.69, 9.17) is 21.6 Å². The zero-order chi connectivity index (χ0) is 12.4. The van der Waals surface area contributed by atoms with Gasteiger partial charge in [-0.15, -0.1) is 0 Å². The second kappa shape index (κ2) is 4.56. The van der Waals surface area contributed by atoms with Crippen LogP contribution in [0.3, 0.4) is 0 Å². The first kappa shape index (κ1) is 11.6. The smallest absolute Gasteiger partial charge is 0.161 e. The molecule has 0 saturated carbocycles. The molecule has 0 atom stereocenters. The minimum atomic E-state index is 0.340. The van der Waals surface area contributed by atoms with E-state index in [2.05, 4.69) is 9.97 Å². The van der Waals surface area contributed by atoms with Crippen LogP contribution in [0.4, 0.5) is 0 Å². The molecule has 0 aliphatic carbocycles. The van der Waals surface area contributed by atoms with Gasteiger partial charge >= 0.3 is 0 Å². The number of hydrogen-bond donors (Lipinski definition) is 0. The molecule has 5 heteroatoms. The minimum Gasteiger partial charge on any atom is -0.492 e. The van der Waals surface area contributed by atoms with Gasteiger partial charge in [0.1, 0.15) is 11.8 Å². The van der Waals surface area contributed by atoms with E-state index in [-0.39, 0.29) is 0 Å². The van der Waals surface area contributed by atoms with Gasteiger partial charge in [0, 0.05) is 11.6 Å². The summed E-state index contributed by atoms with van der Waals surface area (Å²) in [5, 5.41) is 9.88. The standard InChI is InChI=1S/C12H10ClN3O/c1-3-17-10-4-9-11(13)8(5-14)6-15-12(9)16-7(10)2/h4,6H,3H2,1-2H3. The Bertz CT molecular complexity index is 619. The first-order chi connectivity index (χ1) is 8.17. The zero-order valence-electron chi connectivity index (χ0n) is 9.49. The Hall–Kier alpha value is -1.86. The van der Waals surface area contributed by atoms with Crippen molar-refractivity contribution in [2.75, 3.05) is 6.61 Å². The number of aryl methyl sites for hydroxylation is 1. The van der Waals surface area contributed by atoms with Crippen LogP contribution in [0, 0.1) is 18.3 Å². The first-order valence-electron chi connectivity index (χ1n) is 5.16. The predicted molar refractivity (Wildman–Crippen MR) is 65.2 cm³/mol. The fraction of sp³-hybridized carbons (Fsp3) is 0.250. The summed E-state index contributed by atoms with van der Waals surface area (Å²) in [7, 11) is 0. The third-order valence-electron chi connectivity index (χ3n) is 2.36. The molecule has 2 aromatic rings. The molecule has 4 nitrogen and oxygen atoms in total. The third kappa shape index (κ3) is 2.02.